The maximum atomic E-state index is 12.7. The van der Waals surface area contributed by atoms with Crippen LogP contribution in [-0.4, -0.2) is 34.7 Å². The smallest absolute Gasteiger partial charge is 0.278 e. The van der Waals surface area contributed by atoms with Crippen molar-refractivity contribution >= 4 is 17.1 Å². The van der Waals surface area contributed by atoms with Crippen LogP contribution in [0, 0.1) is 0 Å². The van der Waals surface area contributed by atoms with Gasteiger partial charge in [-0.2, -0.15) is 0 Å². The Balaban J connectivity index is 1.53. The number of nitrogens with one attached hydrogen (secondary N) is 1. The molecule has 8 nitrogen and oxygen atoms in total. The van der Waals surface area contributed by atoms with Crippen LogP contribution in [0.4, 0.5) is 0 Å². The summed E-state index contributed by atoms with van der Waals surface area (Å²) in [5.41, 5.74) is 3.13. The van der Waals surface area contributed by atoms with Gasteiger partial charge in [-0.1, -0.05) is 12.1 Å². The molecule has 0 aliphatic rings. The summed E-state index contributed by atoms with van der Waals surface area (Å²) in [6.45, 7) is 0.299. The zero-order chi connectivity index (χ0) is 22.7. The van der Waals surface area contributed by atoms with Crippen molar-refractivity contribution in [3.05, 3.63) is 82.3 Å². The second-order valence-corrected chi connectivity index (χ2v) is 7.11. The molecule has 0 saturated heterocycles. The normalized spacial score (nSPS) is 10.7. The van der Waals surface area contributed by atoms with Crippen molar-refractivity contribution in [3.63, 3.8) is 0 Å². The van der Waals surface area contributed by atoms with Gasteiger partial charge >= 0.3 is 0 Å². The number of benzene rings is 2. The van der Waals surface area contributed by atoms with Gasteiger partial charge in [0.15, 0.2) is 5.65 Å². The van der Waals surface area contributed by atoms with Crippen molar-refractivity contribution in [2.45, 2.75) is 6.54 Å². The molecule has 0 bridgehead atoms. The minimum absolute atomic E-state index is 0.238. The first-order valence-electron chi connectivity index (χ1n) is 9.93. The van der Waals surface area contributed by atoms with Crippen LogP contribution in [0.15, 0.2) is 65.6 Å². The standard InChI is InChI=1S/C24H22N4O4/c1-28-22-19(5-4-12-25-22)27-21(24(28)30)15-6-8-16(9-7-15)23(29)26-14-17-10-11-18(31-2)13-20(17)32-3/h4-13H,14H2,1-3H3,(H,26,29). The Labute approximate surface area is 184 Å². The number of fused-ring (bicyclic) bond motifs is 1. The predicted molar refractivity (Wildman–Crippen MR) is 121 cm³/mol. The van der Waals surface area contributed by atoms with E-state index in [-0.39, 0.29) is 11.5 Å². The van der Waals surface area contributed by atoms with Gasteiger partial charge in [0.1, 0.15) is 22.7 Å². The summed E-state index contributed by atoms with van der Waals surface area (Å²) in [7, 11) is 4.82. The van der Waals surface area contributed by atoms with Crippen LogP contribution >= 0.6 is 0 Å². The van der Waals surface area contributed by atoms with Gasteiger partial charge in [0.25, 0.3) is 11.5 Å². The topological polar surface area (TPSA) is 95.3 Å². The van der Waals surface area contributed by atoms with Gasteiger partial charge in [-0.3, -0.25) is 14.2 Å². The van der Waals surface area contributed by atoms with E-state index in [2.05, 4.69) is 15.3 Å². The molecule has 0 aliphatic carbocycles. The number of carbonyl (C=O) groups is 1. The lowest BCUT2D eigenvalue weighted by Crippen LogP contribution is -2.23. The van der Waals surface area contributed by atoms with E-state index in [0.29, 0.717) is 46.0 Å². The number of hydrogen-bond donors (Lipinski definition) is 1. The van der Waals surface area contributed by atoms with Crippen LogP contribution < -0.4 is 20.3 Å². The SMILES string of the molecule is COc1ccc(CNC(=O)c2ccc(-c3nc4cccnc4n(C)c3=O)cc2)c(OC)c1. The van der Waals surface area contributed by atoms with Crippen LogP contribution in [0.1, 0.15) is 15.9 Å². The maximum absolute atomic E-state index is 12.7. The van der Waals surface area contributed by atoms with E-state index in [9.17, 15) is 9.59 Å². The van der Waals surface area contributed by atoms with Gasteiger partial charge in [0, 0.05) is 42.5 Å². The average molecular weight is 430 g/mol. The summed E-state index contributed by atoms with van der Waals surface area (Å²) in [4.78, 5) is 34.0. The third-order valence-electron chi connectivity index (χ3n) is 5.18. The molecule has 2 aromatic carbocycles. The summed E-state index contributed by atoms with van der Waals surface area (Å²) in [6, 6.07) is 15.8. The first kappa shape index (κ1) is 21.0. The fourth-order valence-electron chi connectivity index (χ4n) is 3.40. The largest absolute Gasteiger partial charge is 0.497 e. The summed E-state index contributed by atoms with van der Waals surface area (Å²) in [6.07, 6.45) is 1.62. The summed E-state index contributed by atoms with van der Waals surface area (Å²) in [5.74, 6) is 1.07. The third-order valence-corrected chi connectivity index (χ3v) is 5.18. The minimum Gasteiger partial charge on any atom is -0.497 e. The van der Waals surface area contributed by atoms with E-state index >= 15 is 0 Å². The van der Waals surface area contributed by atoms with E-state index in [1.165, 1.54) is 4.57 Å². The molecule has 0 radical (unpaired) electrons. The molecule has 0 fully saturated rings. The van der Waals surface area contributed by atoms with E-state index in [1.54, 1.807) is 69.9 Å². The lowest BCUT2D eigenvalue weighted by Gasteiger charge is -2.12. The highest BCUT2D eigenvalue weighted by molar-refractivity contribution is 5.94. The molecule has 32 heavy (non-hydrogen) atoms. The molecule has 4 rings (SSSR count). The van der Waals surface area contributed by atoms with Crippen LogP contribution in [-0.2, 0) is 13.6 Å². The monoisotopic (exact) mass is 430 g/mol. The van der Waals surface area contributed by atoms with Gasteiger partial charge in [0.05, 0.1) is 14.2 Å². The lowest BCUT2D eigenvalue weighted by molar-refractivity contribution is 0.0950. The van der Waals surface area contributed by atoms with Crippen molar-refractivity contribution in [3.8, 4) is 22.8 Å². The molecule has 1 amide bonds. The summed E-state index contributed by atoms with van der Waals surface area (Å²) in [5, 5.41) is 2.88. The fourth-order valence-corrected chi connectivity index (χ4v) is 3.40. The molecule has 4 aromatic rings. The Morgan fingerprint density at radius 1 is 1.06 bits per heavy atom. The van der Waals surface area contributed by atoms with Gasteiger partial charge in [-0.05, 0) is 36.4 Å². The molecule has 0 unspecified atom stereocenters. The number of hydrogen-bond acceptors (Lipinski definition) is 6. The molecule has 0 atom stereocenters. The molecule has 2 heterocycles. The number of methoxy groups -OCH3 is 2. The molecule has 0 aliphatic heterocycles. The van der Waals surface area contributed by atoms with Crippen LogP contribution in [0.2, 0.25) is 0 Å². The summed E-state index contributed by atoms with van der Waals surface area (Å²) < 4.78 is 12.0. The Kier molecular flexibility index (Phi) is 5.85. The zero-order valence-electron chi connectivity index (χ0n) is 18.0. The zero-order valence-corrected chi connectivity index (χ0v) is 18.0. The first-order valence-corrected chi connectivity index (χ1v) is 9.93. The van der Waals surface area contributed by atoms with Crippen LogP contribution in [0.3, 0.4) is 0 Å². The predicted octanol–water partition coefficient (Wildman–Crippen LogP) is 2.94. The van der Waals surface area contributed by atoms with Gasteiger partial charge < -0.3 is 14.8 Å². The van der Waals surface area contributed by atoms with Gasteiger partial charge in [0.2, 0.25) is 0 Å². The molecule has 0 spiro atoms. The molecule has 8 heteroatoms. The van der Waals surface area contributed by atoms with Gasteiger partial charge in [-0.25, -0.2) is 9.97 Å². The Bertz CT molecular complexity index is 1350. The first-order chi connectivity index (χ1) is 15.5. The molecular formula is C24H22N4O4. The average Bonchev–Trinajstić information content (AvgIpc) is 2.84. The van der Waals surface area contributed by atoms with Crippen molar-refractivity contribution in [1.82, 2.24) is 19.9 Å². The van der Waals surface area contributed by atoms with E-state index in [4.69, 9.17) is 9.47 Å². The number of pyridine rings is 1. The highest BCUT2D eigenvalue weighted by atomic mass is 16.5. The number of nitrogens with zero attached hydrogens (tertiary/aromatic N) is 3. The molecule has 1 N–H and O–H groups in total. The number of amides is 1. The number of carbonyl (C=O) groups excluding carboxylic acids is 1. The van der Waals surface area contributed by atoms with E-state index < -0.39 is 0 Å². The van der Waals surface area contributed by atoms with Crippen molar-refractivity contribution < 1.29 is 14.3 Å². The second-order valence-electron chi connectivity index (χ2n) is 7.11. The Morgan fingerprint density at radius 3 is 2.56 bits per heavy atom. The summed E-state index contributed by atoms with van der Waals surface area (Å²) >= 11 is 0. The molecule has 2 aromatic heterocycles. The molecule has 162 valence electrons. The van der Waals surface area contributed by atoms with Gasteiger partial charge in [-0.15, -0.1) is 0 Å². The lowest BCUT2D eigenvalue weighted by atomic mass is 10.1. The molecule has 0 saturated carbocycles. The fraction of sp³-hybridized carbons (Fsp3) is 0.167. The second kappa shape index (κ2) is 8.89. The van der Waals surface area contributed by atoms with Crippen LogP contribution in [0.5, 0.6) is 11.5 Å². The van der Waals surface area contributed by atoms with Crippen LogP contribution in [0.25, 0.3) is 22.4 Å². The minimum atomic E-state index is -0.250. The number of aromatic nitrogens is 3. The maximum Gasteiger partial charge on any atom is 0.278 e. The molecular weight excluding hydrogens is 408 g/mol. The quantitative estimate of drug-likeness (QED) is 0.505. The Morgan fingerprint density at radius 2 is 1.84 bits per heavy atom. The highest BCUT2D eigenvalue weighted by Gasteiger charge is 2.13. The van der Waals surface area contributed by atoms with E-state index in [0.717, 1.165) is 5.56 Å². The number of rotatable bonds is 6. The Hall–Kier alpha value is -4.20. The number of aryl methyl sites for hydroxylation is 1. The highest BCUT2D eigenvalue weighted by Crippen LogP contribution is 2.24. The third kappa shape index (κ3) is 4.02. The number of ether oxygens (including phenoxy) is 2. The van der Waals surface area contributed by atoms with E-state index in [1.807, 2.05) is 12.1 Å². The van der Waals surface area contributed by atoms with Crippen molar-refractivity contribution in [1.29, 1.82) is 0 Å². The van der Waals surface area contributed by atoms with Crippen molar-refractivity contribution in [2.75, 3.05) is 14.2 Å². The van der Waals surface area contributed by atoms with Crippen molar-refractivity contribution in [2.24, 2.45) is 7.05 Å².